The molecule has 0 aliphatic heterocycles. The number of ether oxygens (including phenoxy) is 1. The molecule has 0 bridgehead atoms. The monoisotopic (exact) mass is 222 g/mol. The zero-order chi connectivity index (χ0) is 11.3. The van der Waals surface area contributed by atoms with Crippen LogP contribution in [0, 0.1) is 0 Å². The highest BCUT2D eigenvalue weighted by molar-refractivity contribution is 7.67. The van der Waals surface area contributed by atoms with Crippen molar-refractivity contribution < 1.29 is 9.84 Å². The van der Waals surface area contributed by atoms with Gasteiger partial charge in [-0.1, -0.05) is 25.1 Å². The summed E-state index contributed by atoms with van der Waals surface area (Å²) in [5, 5.41) is 13.3. The summed E-state index contributed by atoms with van der Waals surface area (Å²) in [6.07, 6.45) is 4.04. The number of hydrogen-bond acceptors (Lipinski definition) is 2. The van der Waals surface area contributed by atoms with Crippen LogP contribution in [0.3, 0.4) is 0 Å². The fourth-order valence-corrected chi connectivity index (χ4v) is 2.35. The van der Waals surface area contributed by atoms with Crippen molar-refractivity contribution in [2.75, 3.05) is 6.61 Å². The second kappa shape index (κ2) is 5.57. The molecule has 2 nitrogen and oxygen atoms in total. The van der Waals surface area contributed by atoms with Crippen LogP contribution in [-0.4, -0.2) is 12.9 Å². The van der Waals surface area contributed by atoms with Crippen LogP contribution in [-0.2, 0) is 4.74 Å². The van der Waals surface area contributed by atoms with Crippen molar-refractivity contribution in [1.82, 2.24) is 0 Å². The maximum atomic E-state index is 11.5. The minimum atomic E-state index is -0.796. The first-order chi connectivity index (χ1) is 7.16. The minimum absolute atomic E-state index is 0.234. The molecule has 0 spiro atoms. The van der Waals surface area contributed by atoms with E-state index in [2.05, 4.69) is 6.30 Å². The van der Waals surface area contributed by atoms with Gasteiger partial charge in [0.1, 0.15) is 5.31 Å². The summed E-state index contributed by atoms with van der Waals surface area (Å²) in [7, 11) is -0.796. The molecule has 3 heteroatoms. The largest absolute Gasteiger partial charge is 0.611 e. The predicted molar refractivity (Wildman–Crippen MR) is 64.4 cm³/mol. The van der Waals surface area contributed by atoms with Gasteiger partial charge in [0, 0.05) is 6.92 Å². The molecule has 1 unspecified atom stereocenters. The summed E-state index contributed by atoms with van der Waals surface area (Å²) in [4.78, 5) is 0. The van der Waals surface area contributed by atoms with E-state index in [1.807, 2.05) is 30.3 Å². The Kier molecular flexibility index (Phi) is 4.38. The Morgan fingerprint density at radius 1 is 1.40 bits per heavy atom. The normalized spacial score (nSPS) is 13.1. The van der Waals surface area contributed by atoms with Gasteiger partial charge in [-0.05, 0) is 18.7 Å². The van der Waals surface area contributed by atoms with E-state index >= 15 is 0 Å². The molecule has 0 saturated carbocycles. The number of hydrogen-bond donors (Lipinski definition) is 0. The quantitative estimate of drug-likeness (QED) is 0.575. The number of benzene rings is 1. The minimum Gasteiger partial charge on any atom is -0.611 e. The number of rotatable bonds is 4. The molecule has 0 aliphatic rings. The van der Waals surface area contributed by atoms with Gasteiger partial charge in [-0.15, -0.1) is 0 Å². The molecule has 1 aromatic carbocycles. The second-order valence-electron chi connectivity index (χ2n) is 3.07. The van der Waals surface area contributed by atoms with Gasteiger partial charge >= 0.3 is 0 Å². The fourth-order valence-electron chi connectivity index (χ4n) is 1.15. The van der Waals surface area contributed by atoms with Crippen molar-refractivity contribution >= 4 is 19.1 Å². The Labute approximate surface area is 91.6 Å². The first-order valence-electron chi connectivity index (χ1n) is 4.83. The van der Waals surface area contributed by atoms with Crippen molar-refractivity contribution in [3.63, 3.8) is 0 Å². The van der Waals surface area contributed by atoms with Crippen LogP contribution in [0.2, 0.25) is 0 Å². The van der Waals surface area contributed by atoms with Gasteiger partial charge in [-0.2, -0.15) is 0 Å². The molecule has 0 heterocycles. The molecule has 15 heavy (non-hydrogen) atoms. The standard InChI is InChI=1S/C12H15O2P/c1-4-14-12(13)10(2)15(3)11-8-6-5-7-9-11/h5-9H,3-4H2,1-2H3. The van der Waals surface area contributed by atoms with Crippen LogP contribution >= 0.6 is 7.55 Å². The highest BCUT2D eigenvalue weighted by Crippen LogP contribution is 2.31. The molecule has 0 saturated heterocycles. The van der Waals surface area contributed by atoms with Gasteiger partial charge in [0.15, 0.2) is 12.8 Å². The smallest absolute Gasteiger partial charge is 0.159 e. The maximum absolute atomic E-state index is 11.5. The molecule has 0 radical (unpaired) electrons. The zero-order valence-electron chi connectivity index (χ0n) is 9.06. The maximum Gasteiger partial charge on any atom is 0.159 e. The van der Waals surface area contributed by atoms with E-state index in [0.29, 0.717) is 11.9 Å². The highest BCUT2D eigenvalue weighted by Gasteiger charge is 2.14. The lowest BCUT2D eigenvalue weighted by Crippen LogP contribution is -2.11. The summed E-state index contributed by atoms with van der Waals surface area (Å²) in [5.41, 5.74) is 0. The third-order valence-corrected chi connectivity index (χ3v) is 3.96. The Hall–Kier alpha value is -1.27. The topological polar surface area (TPSA) is 32.3 Å². The number of allylic oxidation sites excluding steroid dienone is 1. The van der Waals surface area contributed by atoms with E-state index in [0.717, 1.165) is 5.30 Å². The average Bonchev–Trinajstić information content (AvgIpc) is 2.28. The molecule has 1 rings (SSSR count). The van der Waals surface area contributed by atoms with E-state index < -0.39 is 7.55 Å². The van der Waals surface area contributed by atoms with E-state index in [9.17, 15) is 5.11 Å². The highest BCUT2D eigenvalue weighted by atomic mass is 31.1. The van der Waals surface area contributed by atoms with Crippen LogP contribution in [0.1, 0.15) is 13.8 Å². The predicted octanol–water partition coefficient (Wildman–Crippen LogP) is 1.81. The second-order valence-corrected chi connectivity index (χ2v) is 5.11. The lowest BCUT2D eigenvalue weighted by molar-refractivity contribution is -0.357. The van der Waals surface area contributed by atoms with Crippen molar-refractivity contribution in [3.05, 3.63) is 41.6 Å². The van der Waals surface area contributed by atoms with E-state index in [1.54, 1.807) is 13.8 Å². The van der Waals surface area contributed by atoms with Crippen LogP contribution < -0.4 is 10.4 Å². The molecule has 0 N–H and O–H groups in total. The molecule has 0 aliphatic carbocycles. The molecule has 0 fully saturated rings. The fraction of sp³-hybridized carbons (Fsp3) is 0.250. The van der Waals surface area contributed by atoms with Gasteiger partial charge in [-0.3, -0.25) is 0 Å². The summed E-state index contributed by atoms with van der Waals surface area (Å²) in [6, 6.07) is 9.83. The molecular weight excluding hydrogens is 207 g/mol. The van der Waals surface area contributed by atoms with Gasteiger partial charge in [0.05, 0.1) is 12.2 Å². The van der Waals surface area contributed by atoms with Gasteiger partial charge in [0.2, 0.25) is 0 Å². The van der Waals surface area contributed by atoms with Crippen molar-refractivity contribution in [2.24, 2.45) is 0 Å². The SMILES string of the molecule is C=[P+](C(C)=C([O-])OCC)c1ccccc1. The van der Waals surface area contributed by atoms with Gasteiger partial charge in [-0.25, -0.2) is 0 Å². The van der Waals surface area contributed by atoms with Crippen molar-refractivity contribution in [1.29, 1.82) is 0 Å². The summed E-state index contributed by atoms with van der Waals surface area (Å²) in [5.74, 6) is -0.234. The Morgan fingerprint density at radius 2 is 2.00 bits per heavy atom. The van der Waals surface area contributed by atoms with Crippen LogP contribution in [0.5, 0.6) is 0 Å². The zero-order valence-corrected chi connectivity index (χ0v) is 9.96. The molecule has 1 aromatic rings. The van der Waals surface area contributed by atoms with Gasteiger partial charge in [0.25, 0.3) is 0 Å². The lowest BCUT2D eigenvalue weighted by atomic mass is 10.4. The molecule has 1 atom stereocenters. The van der Waals surface area contributed by atoms with Gasteiger partial charge < -0.3 is 9.84 Å². The average molecular weight is 222 g/mol. The Bertz CT molecular complexity index is 368. The first kappa shape index (κ1) is 11.8. The summed E-state index contributed by atoms with van der Waals surface area (Å²) >= 11 is 0. The molecule has 0 aromatic heterocycles. The van der Waals surface area contributed by atoms with E-state index in [1.165, 1.54) is 0 Å². The van der Waals surface area contributed by atoms with Crippen LogP contribution in [0.25, 0.3) is 0 Å². The molecule has 80 valence electrons. The Morgan fingerprint density at radius 3 is 2.53 bits per heavy atom. The van der Waals surface area contributed by atoms with Crippen LogP contribution in [0.4, 0.5) is 0 Å². The Balaban J connectivity index is 2.91. The molecule has 0 amide bonds. The van der Waals surface area contributed by atoms with E-state index in [-0.39, 0.29) is 5.95 Å². The third kappa shape index (κ3) is 3.10. The summed E-state index contributed by atoms with van der Waals surface area (Å²) < 4.78 is 4.95. The lowest BCUT2D eigenvalue weighted by Gasteiger charge is -2.12. The van der Waals surface area contributed by atoms with Crippen molar-refractivity contribution in [3.8, 4) is 0 Å². The molecular formula is C12H15O2P. The first-order valence-corrected chi connectivity index (χ1v) is 6.36. The third-order valence-electron chi connectivity index (χ3n) is 2.04. The summed E-state index contributed by atoms with van der Waals surface area (Å²) in [6.45, 7) is 4.01. The van der Waals surface area contributed by atoms with Crippen LogP contribution in [0.15, 0.2) is 41.6 Å². The van der Waals surface area contributed by atoms with E-state index in [4.69, 9.17) is 4.74 Å². The van der Waals surface area contributed by atoms with Crippen molar-refractivity contribution in [2.45, 2.75) is 13.8 Å².